The van der Waals surface area contributed by atoms with Crippen molar-refractivity contribution in [3.8, 4) is 5.75 Å². The van der Waals surface area contributed by atoms with Gasteiger partial charge in [-0.15, -0.1) is 0 Å². The van der Waals surface area contributed by atoms with Crippen molar-refractivity contribution in [3.05, 3.63) is 52.1 Å². The van der Waals surface area contributed by atoms with Crippen LogP contribution in [0.1, 0.15) is 26.3 Å². The lowest BCUT2D eigenvalue weighted by Gasteiger charge is -2.19. The molecule has 27 heavy (non-hydrogen) atoms. The molecule has 0 saturated heterocycles. The van der Waals surface area contributed by atoms with Gasteiger partial charge in [0.15, 0.2) is 19.0 Å². The van der Waals surface area contributed by atoms with Gasteiger partial charge in [-0.1, -0.05) is 56.1 Å². The number of hydrogen-bond donors (Lipinski definition) is 1. The Morgan fingerprint density at radius 2 is 1.78 bits per heavy atom. The lowest BCUT2D eigenvalue weighted by molar-refractivity contribution is -0.149. The summed E-state index contributed by atoms with van der Waals surface area (Å²) in [4.78, 5) is 27.4. The minimum atomic E-state index is -0.666. The molecule has 0 spiro atoms. The summed E-state index contributed by atoms with van der Waals surface area (Å²) in [5, 5.41) is 2.96. The van der Waals surface area contributed by atoms with E-state index in [0.717, 1.165) is 5.56 Å². The molecule has 0 aliphatic carbocycles. The summed E-state index contributed by atoms with van der Waals surface area (Å²) in [6.07, 6.45) is 1.34. The van der Waals surface area contributed by atoms with Crippen molar-refractivity contribution >= 4 is 40.9 Å². The fraction of sp³-hybridized carbons (Fsp3) is 0.316. The van der Waals surface area contributed by atoms with Gasteiger partial charge in [0.25, 0.3) is 5.91 Å². The highest BCUT2D eigenvalue weighted by molar-refractivity contribution is 6.36. The van der Waals surface area contributed by atoms with Crippen LogP contribution >= 0.6 is 23.2 Å². The molecular formula is C19H20Cl2N2O4. The Hall–Kier alpha value is -2.31. The molecule has 0 radical (unpaired) electrons. The second-order valence-electron chi connectivity index (χ2n) is 6.76. The van der Waals surface area contributed by atoms with Gasteiger partial charge in [-0.05, 0) is 29.2 Å². The third-order valence-corrected chi connectivity index (χ3v) is 4.00. The van der Waals surface area contributed by atoms with Crippen LogP contribution in [-0.4, -0.2) is 30.1 Å². The van der Waals surface area contributed by atoms with Crippen LogP contribution in [0.25, 0.3) is 0 Å². The molecule has 6 nitrogen and oxygen atoms in total. The van der Waals surface area contributed by atoms with E-state index in [9.17, 15) is 9.59 Å². The standard InChI is InChI=1S/C19H20Cl2N2O4/c1-19(2,3)12-4-6-14(7-5-12)26-11-17(25)27-10-16(24)23-18-15(21)8-13(20)9-22-18/h4-9H,10-11H2,1-3H3,(H,22,23,24). The Morgan fingerprint density at radius 1 is 1.11 bits per heavy atom. The Morgan fingerprint density at radius 3 is 2.37 bits per heavy atom. The summed E-state index contributed by atoms with van der Waals surface area (Å²) in [7, 11) is 0. The molecule has 1 aromatic heterocycles. The minimum absolute atomic E-state index is 0.0344. The third kappa shape index (κ3) is 6.73. The molecule has 2 aromatic rings. The van der Waals surface area contributed by atoms with Crippen LogP contribution in [0.4, 0.5) is 5.82 Å². The van der Waals surface area contributed by atoms with Crippen molar-refractivity contribution in [3.63, 3.8) is 0 Å². The number of anilines is 1. The molecule has 1 N–H and O–H groups in total. The number of benzene rings is 1. The molecule has 144 valence electrons. The number of hydrogen-bond acceptors (Lipinski definition) is 5. The first-order valence-corrected chi connectivity index (χ1v) is 8.90. The first-order valence-electron chi connectivity index (χ1n) is 8.15. The lowest BCUT2D eigenvalue weighted by atomic mass is 9.87. The Balaban J connectivity index is 1.76. The first-order chi connectivity index (χ1) is 12.6. The summed E-state index contributed by atoms with van der Waals surface area (Å²) in [5.41, 5.74) is 1.19. The maximum Gasteiger partial charge on any atom is 0.344 e. The van der Waals surface area contributed by atoms with Gasteiger partial charge in [0.05, 0.1) is 10.0 Å². The molecule has 0 unspecified atom stereocenters. The highest BCUT2D eigenvalue weighted by atomic mass is 35.5. The van der Waals surface area contributed by atoms with E-state index >= 15 is 0 Å². The molecule has 0 bridgehead atoms. The van der Waals surface area contributed by atoms with Gasteiger partial charge >= 0.3 is 5.97 Å². The number of carbonyl (C=O) groups excluding carboxylic acids is 2. The number of rotatable bonds is 6. The van der Waals surface area contributed by atoms with Crippen LogP contribution in [0.15, 0.2) is 36.5 Å². The summed E-state index contributed by atoms with van der Waals surface area (Å²) < 4.78 is 10.2. The monoisotopic (exact) mass is 410 g/mol. The maximum atomic E-state index is 11.8. The molecule has 1 heterocycles. The molecule has 0 aliphatic rings. The molecule has 8 heteroatoms. The highest BCUT2D eigenvalue weighted by Crippen LogP contribution is 2.24. The first kappa shape index (κ1) is 21.0. The second kappa shape index (κ2) is 9.06. The summed E-state index contributed by atoms with van der Waals surface area (Å²) in [5.74, 6) is -0.561. The largest absolute Gasteiger partial charge is 0.482 e. The molecule has 1 aromatic carbocycles. The number of nitrogens with zero attached hydrogens (tertiary/aromatic N) is 1. The number of ether oxygens (including phenoxy) is 2. The zero-order valence-corrected chi connectivity index (χ0v) is 16.7. The highest BCUT2D eigenvalue weighted by Gasteiger charge is 2.14. The van der Waals surface area contributed by atoms with Gasteiger partial charge in [-0.3, -0.25) is 4.79 Å². The smallest absolute Gasteiger partial charge is 0.344 e. The van der Waals surface area contributed by atoms with E-state index in [1.165, 1.54) is 12.3 Å². The van der Waals surface area contributed by atoms with Crippen LogP contribution in [0.5, 0.6) is 5.75 Å². The van der Waals surface area contributed by atoms with E-state index in [2.05, 4.69) is 31.1 Å². The van der Waals surface area contributed by atoms with Crippen LogP contribution in [-0.2, 0) is 19.7 Å². The van der Waals surface area contributed by atoms with Crippen molar-refractivity contribution in [2.24, 2.45) is 0 Å². The molecule has 1 amide bonds. The lowest BCUT2D eigenvalue weighted by Crippen LogP contribution is -2.24. The van der Waals surface area contributed by atoms with Crippen LogP contribution in [0.2, 0.25) is 10.0 Å². The van der Waals surface area contributed by atoms with Gasteiger partial charge in [-0.2, -0.15) is 0 Å². The normalized spacial score (nSPS) is 11.0. The van der Waals surface area contributed by atoms with Gasteiger partial charge in [0.2, 0.25) is 0 Å². The average molecular weight is 411 g/mol. The number of halogens is 2. The third-order valence-electron chi connectivity index (χ3n) is 3.51. The van der Waals surface area contributed by atoms with Gasteiger partial charge < -0.3 is 14.8 Å². The number of pyridine rings is 1. The maximum absolute atomic E-state index is 11.8. The van der Waals surface area contributed by atoms with Crippen molar-refractivity contribution in [2.45, 2.75) is 26.2 Å². The Kier molecular flexibility index (Phi) is 7.05. The van der Waals surface area contributed by atoms with Gasteiger partial charge in [-0.25, -0.2) is 9.78 Å². The fourth-order valence-corrected chi connectivity index (χ4v) is 2.48. The van der Waals surface area contributed by atoms with E-state index in [-0.39, 0.29) is 22.9 Å². The van der Waals surface area contributed by atoms with E-state index in [4.69, 9.17) is 32.7 Å². The number of esters is 1. The quantitative estimate of drug-likeness (QED) is 0.720. The molecular weight excluding hydrogens is 391 g/mol. The predicted octanol–water partition coefficient (Wildman–Crippen LogP) is 4.25. The van der Waals surface area contributed by atoms with Crippen molar-refractivity contribution in [1.82, 2.24) is 4.98 Å². The van der Waals surface area contributed by atoms with E-state index < -0.39 is 18.5 Å². The van der Waals surface area contributed by atoms with Crippen molar-refractivity contribution < 1.29 is 19.1 Å². The number of aromatic nitrogens is 1. The zero-order valence-electron chi connectivity index (χ0n) is 15.2. The average Bonchev–Trinajstić information content (AvgIpc) is 2.60. The number of nitrogens with one attached hydrogen (secondary N) is 1. The molecule has 2 rings (SSSR count). The summed E-state index contributed by atoms with van der Waals surface area (Å²) in [6.45, 7) is 5.54. The fourth-order valence-electron chi connectivity index (χ4n) is 2.06. The van der Waals surface area contributed by atoms with Gasteiger partial charge in [0.1, 0.15) is 5.75 Å². The molecule has 0 aliphatic heterocycles. The molecule has 0 saturated carbocycles. The van der Waals surface area contributed by atoms with E-state index in [0.29, 0.717) is 10.8 Å². The van der Waals surface area contributed by atoms with Crippen LogP contribution in [0.3, 0.4) is 0 Å². The molecule has 0 atom stereocenters. The number of carbonyl (C=O) groups is 2. The Bertz CT molecular complexity index is 817. The topological polar surface area (TPSA) is 77.5 Å². The van der Waals surface area contributed by atoms with Crippen molar-refractivity contribution in [2.75, 3.05) is 18.5 Å². The minimum Gasteiger partial charge on any atom is -0.482 e. The van der Waals surface area contributed by atoms with Crippen molar-refractivity contribution in [1.29, 1.82) is 0 Å². The summed E-state index contributed by atoms with van der Waals surface area (Å²) in [6, 6.07) is 8.90. The SMILES string of the molecule is CC(C)(C)c1ccc(OCC(=O)OCC(=O)Nc2ncc(Cl)cc2Cl)cc1. The van der Waals surface area contributed by atoms with Crippen LogP contribution in [0, 0.1) is 0 Å². The zero-order chi connectivity index (χ0) is 20.0. The number of amides is 1. The van der Waals surface area contributed by atoms with E-state index in [1.807, 2.05) is 12.1 Å². The summed E-state index contributed by atoms with van der Waals surface area (Å²) >= 11 is 11.6. The van der Waals surface area contributed by atoms with Crippen LogP contribution < -0.4 is 10.1 Å². The predicted molar refractivity (Wildman–Crippen MR) is 104 cm³/mol. The van der Waals surface area contributed by atoms with E-state index in [1.54, 1.807) is 12.1 Å². The Labute approximate surface area is 167 Å². The van der Waals surface area contributed by atoms with Gasteiger partial charge in [0, 0.05) is 6.20 Å². The second-order valence-corrected chi connectivity index (χ2v) is 7.60. The molecule has 0 fully saturated rings.